The molecular formula is C12H23N3O2. The predicted molar refractivity (Wildman–Crippen MR) is 65.5 cm³/mol. The minimum absolute atomic E-state index is 0.350. The average Bonchev–Trinajstić information content (AvgIpc) is 2.81. The molecule has 5 nitrogen and oxygen atoms in total. The van der Waals surface area contributed by atoms with Crippen LogP contribution in [0.25, 0.3) is 0 Å². The van der Waals surface area contributed by atoms with Gasteiger partial charge in [-0.25, -0.2) is 0 Å². The van der Waals surface area contributed by atoms with E-state index in [0.29, 0.717) is 24.2 Å². The second kappa shape index (κ2) is 6.12. The number of aromatic nitrogens is 2. The highest BCUT2D eigenvalue weighted by molar-refractivity contribution is 5.01. The summed E-state index contributed by atoms with van der Waals surface area (Å²) >= 11 is 0. The molecule has 1 atom stereocenters. The van der Waals surface area contributed by atoms with Gasteiger partial charge in [-0.15, -0.1) is 0 Å². The summed E-state index contributed by atoms with van der Waals surface area (Å²) in [6, 6.07) is 0. The van der Waals surface area contributed by atoms with E-state index in [1.165, 1.54) is 0 Å². The summed E-state index contributed by atoms with van der Waals surface area (Å²) in [5, 5.41) is 4.04. The minimum Gasteiger partial charge on any atom is -0.370 e. The average molecular weight is 241 g/mol. The van der Waals surface area contributed by atoms with Crippen molar-refractivity contribution in [3.8, 4) is 0 Å². The van der Waals surface area contributed by atoms with Crippen LogP contribution in [0.15, 0.2) is 4.52 Å². The summed E-state index contributed by atoms with van der Waals surface area (Å²) in [6.07, 6.45) is 2.37. The molecule has 0 aromatic carbocycles. The Kier molecular flexibility index (Phi) is 5.08. The second-order valence-corrected chi connectivity index (χ2v) is 4.46. The van der Waals surface area contributed by atoms with Crippen LogP contribution in [0.2, 0.25) is 0 Å². The summed E-state index contributed by atoms with van der Waals surface area (Å²) in [4.78, 5) is 4.42. The fourth-order valence-corrected chi connectivity index (χ4v) is 1.85. The molecule has 0 aliphatic heterocycles. The van der Waals surface area contributed by atoms with Crippen LogP contribution in [-0.4, -0.2) is 23.8 Å². The first-order chi connectivity index (χ1) is 8.11. The Morgan fingerprint density at radius 1 is 1.41 bits per heavy atom. The van der Waals surface area contributed by atoms with E-state index in [1.807, 2.05) is 0 Å². The Hall–Kier alpha value is -0.940. The Labute approximate surface area is 103 Å². The fourth-order valence-electron chi connectivity index (χ4n) is 1.85. The summed E-state index contributed by atoms with van der Waals surface area (Å²) < 4.78 is 10.8. The summed E-state index contributed by atoms with van der Waals surface area (Å²) in [5.41, 5.74) is 5.15. The molecule has 0 spiro atoms. The standard InChI is InChI=1S/C12H23N3O2/c1-5-12(6-2,16-4)11-14-10(17-15-11)7-9(3)8-13/h9H,5-8,13H2,1-4H3. The maximum Gasteiger partial charge on any atom is 0.227 e. The van der Waals surface area contributed by atoms with Crippen molar-refractivity contribution in [3.63, 3.8) is 0 Å². The lowest BCUT2D eigenvalue weighted by Gasteiger charge is -2.25. The molecular weight excluding hydrogens is 218 g/mol. The molecule has 0 bridgehead atoms. The van der Waals surface area contributed by atoms with E-state index in [9.17, 15) is 0 Å². The molecule has 0 fully saturated rings. The number of methoxy groups -OCH3 is 1. The van der Waals surface area contributed by atoms with Gasteiger partial charge in [0.25, 0.3) is 0 Å². The first-order valence-corrected chi connectivity index (χ1v) is 6.20. The number of nitrogens with zero attached hydrogens (tertiary/aromatic N) is 2. The van der Waals surface area contributed by atoms with Gasteiger partial charge in [0.2, 0.25) is 11.7 Å². The minimum atomic E-state index is -0.423. The summed E-state index contributed by atoms with van der Waals surface area (Å²) in [7, 11) is 1.69. The third-order valence-corrected chi connectivity index (χ3v) is 3.33. The van der Waals surface area contributed by atoms with Gasteiger partial charge in [0.15, 0.2) is 0 Å². The Balaban J connectivity index is 2.85. The highest BCUT2D eigenvalue weighted by atomic mass is 16.5. The van der Waals surface area contributed by atoms with E-state index >= 15 is 0 Å². The molecule has 0 saturated carbocycles. The van der Waals surface area contributed by atoms with Gasteiger partial charge in [0.05, 0.1) is 0 Å². The number of hydrogen-bond donors (Lipinski definition) is 1. The normalized spacial score (nSPS) is 13.9. The van der Waals surface area contributed by atoms with Gasteiger partial charge in [-0.3, -0.25) is 0 Å². The van der Waals surface area contributed by atoms with E-state index in [4.69, 9.17) is 15.0 Å². The Morgan fingerprint density at radius 3 is 2.53 bits per heavy atom. The van der Waals surface area contributed by atoms with Crippen molar-refractivity contribution in [1.82, 2.24) is 10.1 Å². The molecule has 1 heterocycles. The van der Waals surface area contributed by atoms with Crippen molar-refractivity contribution in [2.24, 2.45) is 11.7 Å². The highest BCUT2D eigenvalue weighted by Gasteiger charge is 2.33. The van der Waals surface area contributed by atoms with Crippen molar-refractivity contribution >= 4 is 0 Å². The maximum atomic E-state index is 5.58. The van der Waals surface area contributed by atoms with Gasteiger partial charge in [0.1, 0.15) is 5.60 Å². The third kappa shape index (κ3) is 3.04. The Morgan fingerprint density at radius 2 is 2.06 bits per heavy atom. The van der Waals surface area contributed by atoms with E-state index in [1.54, 1.807) is 7.11 Å². The predicted octanol–water partition coefficient (Wildman–Crippen LogP) is 1.87. The topological polar surface area (TPSA) is 74.2 Å². The van der Waals surface area contributed by atoms with Crippen LogP contribution >= 0.6 is 0 Å². The zero-order chi connectivity index (χ0) is 12.9. The fraction of sp³-hybridized carbons (Fsp3) is 0.833. The molecule has 0 aliphatic rings. The van der Waals surface area contributed by atoms with Crippen molar-refractivity contribution < 1.29 is 9.26 Å². The molecule has 0 aliphatic carbocycles. The molecule has 1 rings (SSSR count). The van der Waals surface area contributed by atoms with Gasteiger partial charge in [-0.1, -0.05) is 25.9 Å². The van der Waals surface area contributed by atoms with E-state index in [-0.39, 0.29) is 0 Å². The third-order valence-electron chi connectivity index (χ3n) is 3.33. The number of hydrogen-bond acceptors (Lipinski definition) is 5. The maximum absolute atomic E-state index is 5.58. The molecule has 5 heteroatoms. The Bertz CT molecular complexity index is 326. The highest BCUT2D eigenvalue weighted by Crippen LogP contribution is 2.30. The lowest BCUT2D eigenvalue weighted by Crippen LogP contribution is -2.28. The molecule has 98 valence electrons. The molecule has 1 aromatic rings. The van der Waals surface area contributed by atoms with Crippen molar-refractivity contribution in [3.05, 3.63) is 11.7 Å². The van der Waals surface area contributed by atoms with Gasteiger partial charge in [0, 0.05) is 13.5 Å². The number of nitrogens with two attached hydrogens (primary N) is 1. The van der Waals surface area contributed by atoms with Gasteiger partial charge in [-0.05, 0) is 25.3 Å². The molecule has 2 N–H and O–H groups in total. The lowest BCUT2D eigenvalue weighted by atomic mass is 9.96. The first kappa shape index (κ1) is 14.1. The molecule has 0 amide bonds. The second-order valence-electron chi connectivity index (χ2n) is 4.46. The molecule has 0 radical (unpaired) electrons. The first-order valence-electron chi connectivity index (χ1n) is 6.20. The van der Waals surface area contributed by atoms with Crippen LogP contribution < -0.4 is 5.73 Å². The van der Waals surface area contributed by atoms with Gasteiger partial charge < -0.3 is 15.0 Å². The van der Waals surface area contributed by atoms with Crippen LogP contribution in [0.3, 0.4) is 0 Å². The van der Waals surface area contributed by atoms with Crippen LogP contribution in [0.4, 0.5) is 0 Å². The zero-order valence-corrected chi connectivity index (χ0v) is 11.2. The van der Waals surface area contributed by atoms with Crippen LogP contribution in [0, 0.1) is 5.92 Å². The van der Waals surface area contributed by atoms with Crippen molar-refractivity contribution in [2.75, 3.05) is 13.7 Å². The largest absolute Gasteiger partial charge is 0.370 e. The molecule has 1 unspecified atom stereocenters. The molecule has 1 aromatic heterocycles. The van der Waals surface area contributed by atoms with Gasteiger partial charge in [-0.2, -0.15) is 4.98 Å². The lowest BCUT2D eigenvalue weighted by molar-refractivity contribution is -0.0306. The van der Waals surface area contributed by atoms with Crippen LogP contribution in [0.1, 0.15) is 45.3 Å². The quantitative estimate of drug-likeness (QED) is 0.788. The van der Waals surface area contributed by atoms with E-state index < -0.39 is 5.60 Å². The summed E-state index contributed by atoms with van der Waals surface area (Å²) in [5.74, 6) is 1.63. The molecule has 17 heavy (non-hydrogen) atoms. The molecule has 0 saturated heterocycles. The van der Waals surface area contributed by atoms with Crippen LogP contribution in [-0.2, 0) is 16.8 Å². The number of ether oxygens (including phenoxy) is 1. The van der Waals surface area contributed by atoms with Crippen molar-refractivity contribution in [2.45, 2.75) is 45.6 Å². The van der Waals surface area contributed by atoms with Gasteiger partial charge >= 0.3 is 0 Å². The number of rotatable bonds is 7. The van der Waals surface area contributed by atoms with Crippen molar-refractivity contribution in [1.29, 1.82) is 0 Å². The summed E-state index contributed by atoms with van der Waals surface area (Å²) in [6.45, 7) is 6.80. The zero-order valence-electron chi connectivity index (χ0n) is 11.2. The van der Waals surface area contributed by atoms with Crippen LogP contribution in [0.5, 0.6) is 0 Å². The van der Waals surface area contributed by atoms with E-state index in [2.05, 4.69) is 30.9 Å². The SMILES string of the molecule is CCC(CC)(OC)c1noc(CC(C)CN)n1. The monoisotopic (exact) mass is 241 g/mol. The van der Waals surface area contributed by atoms with E-state index in [0.717, 1.165) is 19.3 Å². The smallest absolute Gasteiger partial charge is 0.227 e.